The van der Waals surface area contributed by atoms with E-state index in [9.17, 15) is 8.78 Å². The lowest BCUT2D eigenvalue weighted by molar-refractivity contribution is 0.139. The summed E-state index contributed by atoms with van der Waals surface area (Å²) in [6.07, 6.45) is 5.00. The van der Waals surface area contributed by atoms with E-state index in [0.29, 0.717) is 23.3 Å². The predicted octanol–water partition coefficient (Wildman–Crippen LogP) is 4.69. The fourth-order valence-electron chi connectivity index (χ4n) is 3.53. The smallest absolute Gasteiger partial charge is 0.126 e. The summed E-state index contributed by atoms with van der Waals surface area (Å²) in [4.78, 5) is 0. The third-order valence-corrected chi connectivity index (χ3v) is 5.07. The Labute approximate surface area is 126 Å². The lowest BCUT2D eigenvalue weighted by Crippen LogP contribution is -2.37. The average Bonchev–Trinajstić information content (AvgIpc) is 2.42. The van der Waals surface area contributed by atoms with Gasteiger partial charge in [0.1, 0.15) is 11.6 Å². The first-order chi connectivity index (χ1) is 9.77. The summed E-state index contributed by atoms with van der Waals surface area (Å²) < 4.78 is 26.9. The Hall–Kier alpha value is -0.960. The zero-order chi connectivity index (χ0) is 15.6. The van der Waals surface area contributed by atoms with Crippen LogP contribution in [0, 0.1) is 28.9 Å². The van der Waals surface area contributed by atoms with Crippen molar-refractivity contribution in [2.45, 2.75) is 58.9 Å². The van der Waals surface area contributed by atoms with Crippen LogP contribution >= 0.6 is 0 Å². The highest BCUT2D eigenvalue weighted by atomic mass is 19.1. The highest BCUT2D eigenvalue weighted by Crippen LogP contribution is 2.40. The van der Waals surface area contributed by atoms with Crippen LogP contribution in [0.1, 0.15) is 52.0 Å². The molecule has 1 atom stereocenters. The van der Waals surface area contributed by atoms with Crippen molar-refractivity contribution in [2.24, 2.45) is 23.0 Å². The fraction of sp³-hybridized carbons (Fsp3) is 0.667. The molecular weight excluding hydrogens is 268 g/mol. The normalized spacial score (nSPS) is 24.9. The summed E-state index contributed by atoms with van der Waals surface area (Å²) >= 11 is 0. The van der Waals surface area contributed by atoms with Crippen LogP contribution in [0.5, 0.6) is 0 Å². The summed E-state index contributed by atoms with van der Waals surface area (Å²) in [5.74, 6) is 0.420. The average molecular weight is 295 g/mol. The van der Waals surface area contributed by atoms with Crippen molar-refractivity contribution < 1.29 is 8.78 Å². The monoisotopic (exact) mass is 295 g/mol. The van der Waals surface area contributed by atoms with Crippen molar-refractivity contribution >= 4 is 0 Å². The second kappa shape index (κ2) is 6.43. The van der Waals surface area contributed by atoms with E-state index in [1.54, 1.807) is 0 Å². The van der Waals surface area contributed by atoms with Crippen LogP contribution in [0.3, 0.4) is 0 Å². The van der Waals surface area contributed by atoms with Crippen molar-refractivity contribution in [3.05, 3.63) is 35.4 Å². The second-order valence-electron chi connectivity index (χ2n) is 7.58. The van der Waals surface area contributed by atoms with Crippen LogP contribution in [0.2, 0.25) is 0 Å². The molecule has 2 N–H and O–H groups in total. The fourth-order valence-corrected chi connectivity index (χ4v) is 3.53. The summed E-state index contributed by atoms with van der Waals surface area (Å²) in [5.41, 5.74) is 7.02. The van der Waals surface area contributed by atoms with Gasteiger partial charge in [0.25, 0.3) is 0 Å². The second-order valence-corrected chi connectivity index (χ2v) is 7.58. The molecule has 1 aromatic rings. The van der Waals surface area contributed by atoms with Crippen LogP contribution in [0.4, 0.5) is 8.78 Å². The van der Waals surface area contributed by atoms with Crippen molar-refractivity contribution in [3.63, 3.8) is 0 Å². The van der Waals surface area contributed by atoms with E-state index in [1.165, 1.54) is 25.0 Å². The Morgan fingerprint density at radius 2 is 1.76 bits per heavy atom. The molecule has 118 valence electrons. The molecule has 21 heavy (non-hydrogen) atoms. The molecule has 1 saturated carbocycles. The molecule has 0 amide bonds. The first-order valence-corrected chi connectivity index (χ1v) is 7.97. The van der Waals surface area contributed by atoms with Crippen molar-refractivity contribution in [3.8, 4) is 0 Å². The van der Waals surface area contributed by atoms with E-state index in [-0.39, 0.29) is 11.9 Å². The zero-order valence-electron chi connectivity index (χ0n) is 13.3. The maximum Gasteiger partial charge on any atom is 0.126 e. The summed E-state index contributed by atoms with van der Waals surface area (Å²) in [7, 11) is 0. The van der Waals surface area contributed by atoms with Gasteiger partial charge in [0, 0.05) is 6.04 Å². The van der Waals surface area contributed by atoms with Gasteiger partial charge in [0.15, 0.2) is 0 Å². The number of benzene rings is 1. The van der Waals surface area contributed by atoms with Gasteiger partial charge in [0.05, 0.1) is 0 Å². The van der Waals surface area contributed by atoms with Crippen LogP contribution < -0.4 is 5.73 Å². The van der Waals surface area contributed by atoms with E-state index in [1.807, 2.05) is 0 Å². The minimum atomic E-state index is -0.393. The van der Waals surface area contributed by atoms with E-state index in [4.69, 9.17) is 5.73 Å². The van der Waals surface area contributed by atoms with Gasteiger partial charge in [-0.05, 0) is 73.1 Å². The largest absolute Gasteiger partial charge is 0.327 e. The molecule has 1 aliphatic carbocycles. The molecule has 1 fully saturated rings. The Bertz CT molecular complexity index is 471. The Balaban J connectivity index is 1.93. The molecule has 1 nitrogen and oxygen atoms in total. The van der Waals surface area contributed by atoms with Gasteiger partial charge in [-0.25, -0.2) is 8.78 Å². The molecule has 0 saturated heterocycles. The predicted molar refractivity (Wildman–Crippen MR) is 82.9 cm³/mol. The third-order valence-electron chi connectivity index (χ3n) is 5.07. The van der Waals surface area contributed by atoms with E-state index in [0.717, 1.165) is 24.8 Å². The first kappa shape index (κ1) is 16.4. The lowest BCUT2D eigenvalue weighted by Gasteiger charge is -2.38. The Morgan fingerprint density at radius 1 is 1.14 bits per heavy atom. The molecule has 3 heteroatoms. The molecule has 0 aliphatic heterocycles. The van der Waals surface area contributed by atoms with E-state index >= 15 is 0 Å². The summed E-state index contributed by atoms with van der Waals surface area (Å²) in [5, 5.41) is 0. The van der Waals surface area contributed by atoms with E-state index in [2.05, 4.69) is 20.8 Å². The maximum absolute atomic E-state index is 13.7. The molecular formula is C18H27F2N. The van der Waals surface area contributed by atoms with E-state index < -0.39 is 5.82 Å². The SMILES string of the molecule is CC(C)(C)C1CCC(C(N)Cc2cc(F)ccc2F)CC1. The van der Waals surface area contributed by atoms with Gasteiger partial charge in [-0.1, -0.05) is 20.8 Å². The maximum atomic E-state index is 13.7. The molecule has 0 radical (unpaired) electrons. The Morgan fingerprint density at radius 3 is 2.33 bits per heavy atom. The van der Waals surface area contributed by atoms with Gasteiger partial charge >= 0.3 is 0 Å². The molecule has 1 aromatic carbocycles. The molecule has 1 aliphatic rings. The number of halogens is 2. The third kappa shape index (κ3) is 4.26. The number of nitrogens with two attached hydrogens (primary N) is 1. The molecule has 0 aromatic heterocycles. The number of hydrogen-bond acceptors (Lipinski definition) is 1. The molecule has 1 unspecified atom stereocenters. The van der Waals surface area contributed by atoms with Gasteiger partial charge < -0.3 is 5.73 Å². The van der Waals surface area contributed by atoms with Crippen LogP contribution in [-0.2, 0) is 6.42 Å². The van der Waals surface area contributed by atoms with Crippen molar-refractivity contribution in [2.75, 3.05) is 0 Å². The lowest BCUT2D eigenvalue weighted by atomic mass is 9.68. The molecule has 0 spiro atoms. The van der Waals surface area contributed by atoms with Crippen LogP contribution in [0.25, 0.3) is 0 Å². The number of hydrogen-bond donors (Lipinski definition) is 1. The quantitative estimate of drug-likeness (QED) is 0.860. The molecule has 0 heterocycles. The zero-order valence-corrected chi connectivity index (χ0v) is 13.3. The van der Waals surface area contributed by atoms with Crippen molar-refractivity contribution in [1.82, 2.24) is 0 Å². The first-order valence-electron chi connectivity index (χ1n) is 7.97. The van der Waals surface area contributed by atoms with Crippen LogP contribution in [-0.4, -0.2) is 6.04 Å². The summed E-state index contributed by atoms with van der Waals surface area (Å²) in [6.45, 7) is 6.88. The highest BCUT2D eigenvalue weighted by Gasteiger charge is 2.32. The molecule has 0 bridgehead atoms. The van der Waals surface area contributed by atoms with Gasteiger partial charge in [-0.15, -0.1) is 0 Å². The van der Waals surface area contributed by atoms with Gasteiger partial charge in [-0.3, -0.25) is 0 Å². The standard InChI is InChI=1S/C18H27F2N/c1-18(2,3)14-6-4-12(5-7-14)17(21)11-13-10-15(19)8-9-16(13)20/h8-10,12,14,17H,4-7,11,21H2,1-3H3. The topological polar surface area (TPSA) is 26.0 Å². The Kier molecular flexibility index (Phi) is 5.03. The highest BCUT2D eigenvalue weighted by molar-refractivity contribution is 5.20. The minimum Gasteiger partial charge on any atom is -0.327 e. The van der Waals surface area contributed by atoms with Crippen LogP contribution in [0.15, 0.2) is 18.2 Å². The van der Waals surface area contributed by atoms with Gasteiger partial charge in [-0.2, -0.15) is 0 Å². The minimum absolute atomic E-state index is 0.0813. The molecule has 2 rings (SSSR count). The van der Waals surface area contributed by atoms with Crippen molar-refractivity contribution in [1.29, 1.82) is 0 Å². The van der Waals surface area contributed by atoms with Gasteiger partial charge in [0.2, 0.25) is 0 Å². The number of rotatable bonds is 3. The summed E-state index contributed by atoms with van der Waals surface area (Å²) in [6, 6.07) is 3.53.